The Labute approximate surface area is 173 Å². The number of carbonyl (C=O) groups is 2. The highest BCUT2D eigenvalue weighted by Gasteiger charge is 2.23. The molecule has 5 nitrogen and oxygen atoms in total. The Bertz CT molecular complexity index is 644. The van der Waals surface area contributed by atoms with E-state index in [1.54, 1.807) is 0 Å². The van der Waals surface area contributed by atoms with Gasteiger partial charge in [0.25, 0.3) is 0 Å². The smallest absolute Gasteiger partial charge is 0.222 e. The van der Waals surface area contributed by atoms with Crippen molar-refractivity contribution in [2.45, 2.75) is 57.4 Å². The Hall–Kier alpha value is -1.59. The molecule has 154 valence electrons. The maximum absolute atomic E-state index is 12.5. The van der Waals surface area contributed by atoms with E-state index in [0.717, 1.165) is 43.9 Å². The highest BCUT2D eigenvalue weighted by atomic mass is 35.5. The predicted molar refractivity (Wildman–Crippen MR) is 112 cm³/mol. The van der Waals surface area contributed by atoms with E-state index in [1.165, 1.54) is 24.8 Å². The van der Waals surface area contributed by atoms with Gasteiger partial charge in [-0.25, -0.2) is 0 Å². The van der Waals surface area contributed by atoms with Gasteiger partial charge in [-0.05, 0) is 56.5 Å². The lowest BCUT2D eigenvalue weighted by Crippen LogP contribution is -2.41. The van der Waals surface area contributed by atoms with Crippen LogP contribution in [0.5, 0.6) is 0 Å². The Balaban J connectivity index is 1.54. The second kappa shape index (κ2) is 10.8. The molecule has 0 spiro atoms. The zero-order valence-electron chi connectivity index (χ0n) is 16.7. The fraction of sp³-hybridized carbons (Fsp3) is 0.636. The van der Waals surface area contributed by atoms with Crippen LogP contribution in [-0.2, 0) is 9.59 Å². The zero-order valence-corrected chi connectivity index (χ0v) is 17.4. The lowest BCUT2D eigenvalue weighted by molar-refractivity contribution is -0.131. The molecule has 0 bridgehead atoms. The summed E-state index contributed by atoms with van der Waals surface area (Å²) in [7, 11) is 0. The highest BCUT2D eigenvalue weighted by molar-refractivity contribution is 6.30. The van der Waals surface area contributed by atoms with E-state index in [4.69, 9.17) is 11.6 Å². The average molecular weight is 406 g/mol. The summed E-state index contributed by atoms with van der Waals surface area (Å²) in [4.78, 5) is 28.9. The average Bonchev–Trinajstić information content (AvgIpc) is 2.92. The van der Waals surface area contributed by atoms with E-state index in [2.05, 4.69) is 22.3 Å². The van der Waals surface area contributed by atoms with Crippen molar-refractivity contribution >= 4 is 23.4 Å². The largest absolute Gasteiger partial charge is 0.354 e. The number of piperidine rings is 1. The van der Waals surface area contributed by atoms with Crippen LogP contribution in [0.15, 0.2) is 24.3 Å². The second-order valence-corrected chi connectivity index (χ2v) is 8.35. The van der Waals surface area contributed by atoms with Crippen molar-refractivity contribution in [3.63, 3.8) is 0 Å². The normalized spacial score (nSPS) is 19.9. The van der Waals surface area contributed by atoms with Crippen LogP contribution in [0.2, 0.25) is 5.02 Å². The first kappa shape index (κ1) is 21.1. The molecule has 1 N–H and O–H groups in total. The quantitative estimate of drug-likeness (QED) is 0.751. The third-order valence-electron chi connectivity index (χ3n) is 5.86. The maximum atomic E-state index is 12.5. The van der Waals surface area contributed by atoms with Gasteiger partial charge in [0.15, 0.2) is 0 Å². The molecular formula is C22H32ClN3O2. The molecule has 0 aliphatic carbocycles. The summed E-state index contributed by atoms with van der Waals surface area (Å²) < 4.78 is 0. The van der Waals surface area contributed by atoms with Crippen LogP contribution in [0.1, 0.15) is 63.0 Å². The Morgan fingerprint density at radius 1 is 1.00 bits per heavy atom. The molecule has 0 radical (unpaired) electrons. The minimum absolute atomic E-state index is 0.0213. The van der Waals surface area contributed by atoms with Crippen molar-refractivity contribution in [3.05, 3.63) is 34.9 Å². The molecule has 2 amide bonds. The third kappa shape index (κ3) is 6.21. The van der Waals surface area contributed by atoms with Crippen LogP contribution in [0, 0.1) is 0 Å². The van der Waals surface area contributed by atoms with E-state index in [0.29, 0.717) is 25.9 Å². The monoisotopic (exact) mass is 405 g/mol. The SMILES string of the molecule is O=C(CCN1CCCCCC1=O)NCC(c1ccc(Cl)cc1)N1CCCCC1. The lowest BCUT2D eigenvalue weighted by Gasteiger charge is -2.35. The van der Waals surface area contributed by atoms with Crippen molar-refractivity contribution in [1.82, 2.24) is 15.1 Å². The molecule has 6 heteroatoms. The zero-order chi connectivity index (χ0) is 19.8. The topological polar surface area (TPSA) is 52.7 Å². The number of hydrogen-bond acceptors (Lipinski definition) is 3. The Morgan fingerprint density at radius 2 is 1.68 bits per heavy atom. The number of nitrogens with zero attached hydrogens (tertiary/aromatic N) is 2. The fourth-order valence-electron chi connectivity index (χ4n) is 4.18. The van der Waals surface area contributed by atoms with E-state index < -0.39 is 0 Å². The summed E-state index contributed by atoms with van der Waals surface area (Å²) in [6.07, 6.45) is 7.80. The van der Waals surface area contributed by atoms with Crippen molar-refractivity contribution < 1.29 is 9.59 Å². The summed E-state index contributed by atoms with van der Waals surface area (Å²) in [6.45, 7) is 4.03. The molecule has 1 aromatic rings. The molecule has 2 aliphatic heterocycles. The van der Waals surface area contributed by atoms with Gasteiger partial charge in [-0.1, -0.05) is 36.6 Å². The van der Waals surface area contributed by atoms with Gasteiger partial charge in [-0.3, -0.25) is 14.5 Å². The van der Waals surface area contributed by atoms with Gasteiger partial charge in [0.05, 0.1) is 6.04 Å². The van der Waals surface area contributed by atoms with Gasteiger partial charge < -0.3 is 10.2 Å². The first-order valence-electron chi connectivity index (χ1n) is 10.7. The van der Waals surface area contributed by atoms with Gasteiger partial charge in [0.1, 0.15) is 0 Å². The Morgan fingerprint density at radius 3 is 2.43 bits per heavy atom. The molecule has 3 rings (SSSR count). The summed E-state index contributed by atoms with van der Waals surface area (Å²) in [5.74, 6) is 0.214. The number of amides is 2. The number of likely N-dealkylation sites (tertiary alicyclic amines) is 2. The molecular weight excluding hydrogens is 374 g/mol. The maximum Gasteiger partial charge on any atom is 0.222 e. The number of halogens is 1. The van der Waals surface area contributed by atoms with Crippen molar-refractivity contribution in [1.29, 1.82) is 0 Å². The van der Waals surface area contributed by atoms with E-state index >= 15 is 0 Å². The Kier molecular flexibility index (Phi) is 8.16. The molecule has 28 heavy (non-hydrogen) atoms. The van der Waals surface area contributed by atoms with E-state index in [9.17, 15) is 9.59 Å². The summed E-state index contributed by atoms with van der Waals surface area (Å²) >= 11 is 6.05. The van der Waals surface area contributed by atoms with Gasteiger partial charge >= 0.3 is 0 Å². The molecule has 0 saturated carbocycles. The second-order valence-electron chi connectivity index (χ2n) is 7.91. The number of benzene rings is 1. The number of nitrogens with one attached hydrogen (secondary N) is 1. The molecule has 0 aromatic heterocycles. The highest BCUT2D eigenvalue weighted by Crippen LogP contribution is 2.25. The van der Waals surface area contributed by atoms with Crippen LogP contribution >= 0.6 is 11.6 Å². The molecule has 2 saturated heterocycles. The van der Waals surface area contributed by atoms with Gasteiger partial charge in [-0.15, -0.1) is 0 Å². The van der Waals surface area contributed by atoms with Crippen LogP contribution in [0.25, 0.3) is 0 Å². The first-order valence-corrected chi connectivity index (χ1v) is 11.1. The standard InChI is InChI=1S/C22H32ClN3O2/c23-19-10-8-18(9-11-19)20(25-13-5-2-6-14-25)17-24-21(27)12-16-26-15-4-1-3-7-22(26)28/h8-11,20H,1-7,12-17H2,(H,24,27). The predicted octanol–water partition coefficient (Wildman–Crippen LogP) is 3.78. The van der Waals surface area contributed by atoms with Gasteiger partial charge in [-0.2, -0.15) is 0 Å². The number of rotatable bonds is 7. The van der Waals surface area contributed by atoms with Crippen LogP contribution in [-0.4, -0.2) is 54.3 Å². The minimum Gasteiger partial charge on any atom is -0.354 e. The van der Waals surface area contributed by atoms with E-state index in [-0.39, 0.29) is 17.9 Å². The summed E-state index contributed by atoms with van der Waals surface area (Å²) in [5, 5.41) is 3.84. The van der Waals surface area contributed by atoms with Crippen molar-refractivity contribution in [2.24, 2.45) is 0 Å². The number of carbonyl (C=O) groups excluding carboxylic acids is 2. The van der Waals surface area contributed by atoms with E-state index in [1.807, 2.05) is 17.0 Å². The molecule has 1 unspecified atom stereocenters. The minimum atomic E-state index is 0.0213. The fourth-order valence-corrected chi connectivity index (χ4v) is 4.31. The first-order chi connectivity index (χ1) is 13.6. The summed E-state index contributed by atoms with van der Waals surface area (Å²) in [5.41, 5.74) is 1.19. The van der Waals surface area contributed by atoms with Crippen LogP contribution < -0.4 is 5.32 Å². The lowest BCUT2D eigenvalue weighted by atomic mass is 10.0. The van der Waals surface area contributed by atoms with Gasteiger partial charge in [0, 0.05) is 37.5 Å². The molecule has 2 aliphatic rings. The number of hydrogen-bond donors (Lipinski definition) is 1. The van der Waals surface area contributed by atoms with Gasteiger partial charge in [0.2, 0.25) is 11.8 Å². The van der Waals surface area contributed by atoms with Crippen LogP contribution in [0.4, 0.5) is 0 Å². The van der Waals surface area contributed by atoms with Crippen LogP contribution in [0.3, 0.4) is 0 Å². The molecule has 1 atom stereocenters. The molecule has 2 fully saturated rings. The van der Waals surface area contributed by atoms with Crippen molar-refractivity contribution in [2.75, 3.05) is 32.7 Å². The summed E-state index contributed by atoms with van der Waals surface area (Å²) in [6, 6.07) is 8.12. The van der Waals surface area contributed by atoms with Crippen molar-refractivity contribution in [3.8, 4) is 0 Å². The molecule has 2 heterocycles. The third-order valence-corrected chi connectivity index (χ3v) is 6.11. The molecule has 1 aromatic carbocycles.